The molecule has 6 aromatic carbocycles. The van der Waals surface area contributed by atoms with Crippen molar-refractivity contribution in [1.82, 2.24) is 0 Å². The molecule has 0 saturated carbocycles. The number of fused-ring (bicyclic) bond motifs is 6. The first-order valence-corrected chi connectivity index (χ1v) is 24.9. The third kappa shape index (κ3) is 7.89. The summed E-state index contributed by atoms with van der Waals surface area (Å²) < 4.78 is 16.2. The molecule has 4 aliphatic carbocycles. The Bertz CT molecular complexity index is 3390. The second-order valence-electron chi connectivity index (χ2n) is 19.0. The van der Waals surface area contributed by atoms with E-state index in [0.29, 0.717) is 5.57 Å². The summed E-state index contributed by atoms with van der Waals surface area (Å²) in [6, 6.07) is 49.0. The van der Waals surface area contributed by atoms with Crippen LogP contribution in [0.5, 0.6) is 0 Å². The van der Waals surface area contributed by atoms with Gasteiger partial charge in [0.2, 0.25) is 0 Å². The van der Waals surface area contributed by atoms with Crippen molar-refractivity contribution in [1.29, 1.82) is 0 Å². The third-order valence-electron chi connectivity index (χ3n) is 15.2. The number of nitrogens with zero attached hydrogens (tertiary/aromatic N) is 1. The Morgan fingerprint density at radius 3 is 1.82 bits per heavy atom. The lowest BCUT2D eigenvalue weighted by atomic mass is 9.63. The predicted octanol–water partition coefficient (Wildman–Crippen LogP) is 18.7. The average molecular weight is 922 g/mol. The molecule has 6 aromatic rings. The van der Waals surface area contributed by atoms with Crippen LogP contribution < -0.4 is 4.90 Å². The van der Waals surface area contributed by atoms with Crippen molar-refractivity contribution in [2.45, 2.75) is 57.3 Å². The van der Waals surface area contributed by atoms with Gasteiger partial charge in [-0.2, -0.15) is 0 Å². The van der Waals surface area contributed by atoms with Crippen LogP contribution >= 0.6 is 0 Å². The van der Waals surface area contributed by atoms with Crippen LogP contribution in [0.3, 0.4) is 0 Å². The summed E-state index contributed by atoms with van der Waals surface area (Å²) in [5, 5.41) is 0. The first kappa shape index (κ1) is 46.6. The molecule has 0 bridgehead atoms. The van der Waals surface area contributed by atoms with Crippen LogP contribution in [-0.4, -0.2) is 0 Å². The molecule has 0 N–H and O–H groups in total. The van der Waals surface area contributed by atoms with Gasteiger partial charge in [0.05, 0.1) is 17.2 Å². The van der Waals surface area contributed by atoms with Gasteiger partial charge in [0.15, 0.2) is 0 Å². The molecular weight excluding hydrogens is 862 g/mol. The van der Waals surface area contributed by atoms with E-state index in [0.717, 1.165) is 92.8 Å². The van der Waals surface area contributed by atoms with E-state index in [-0.39, 0.29) is 0 Å². The topological polar surface area (TPSA) is 3.24 Å². The summed E-state index contributed by atoms with van der Waals surface area (Å²) in [4.78, 5) is 2.39. The average Bonchev–Trinajstić information content (AvgIpc) is 3.86. The summed E-state index contributed by atoms with van der Waals surface area (Å²) in [5.41, 5.74) is 20.5. The number of hydrogen-bond donors (Lipinski definition) is 0. The van der Waals surface area contributed by atoms with Gasteiger partial charge in [-0.15, -0.1) is 0 Å². The number of benzene rings is 6. The lowest BCUT2D eigenvalue weighted by Crippen LogP contribution is -2.32. The monoisotopic (exact) mass is 921 g/mol. The van der Waals surface area contributed by atoms with Gasteiger partial charge < -0.3 is 4.90 Å². The highest BCUT2D eigenvalue weighted by atomic mass is 19.1. The molecule has 2 atom stereocenters. The van der Waals surface area contributed by atoms with Crippen molar-refractivity contribution in [3.05, 3.63) is 311 Å². The third-order valence-corrected chi connectivity index (χ3v) is 15.2. The normalized spacial score (nSPS) is 22.3. The maximum Gasteiger partial charge on any atom is 0.0914 e. The van der Waals surface area contributed by atoms with Crippen molar-refractivity contribution < 1.29 is 4.39 Å². The van der Waals surface area contributed by atoms with Crippen LogP contribution in [0.25, 0.3) is 34.4 Å². The Hall–Kier alpha value is -8.07. The van der Waals surface area contributed by atoms with E-state index in [4.69, 9.17) is 0 Å². The molecular formula is C69H60FN. The second kappa shape index (κ2) is 19.7. The molecule has 2 heteroatoms. The van der Waals surface area contributed by atoms with E-state index >= 15 is 4.39 Å². The lowest BCUT2D eigenvalue weighted by Gasteiger charge is -2.39. The van der Waals surface area contributed by atoms with Crippen LogP contribution in [0, 0.1) is 0 Å². The van der Waals surface area contributed by atoms with Gasteiger partial charge in [0.25, 0.3) is 0 Å². The number of halogens is 1. The van der Waals surface area contributed by atoms with Gasteiger partial charge in [-0.1, -0.05) is 213 Å². The maximum atomic E-state index is 16.2. The molecule has 0 heterocycles. The molecule has 348 valence electrons. The molecule has 0 aromatic heterocycles. The summed E-state index contributed by atoms with van der Waals surface area (Å²) in [5.74, 6) is 0. The van der Waals surface area contributed by atoms with E-state index in [9.17, 15) is 0 Å². The molecule has 10 rings (SSSR count). The number of hydrogen-bond acceptors (Lipinski definition) is 1. The van der Waals surface area contributed by atoms with E-state index < -0.39 is 10.8 Å². The molecule has 0 aliphatic heterocycles. The van der Waals surface area contributed by atoms with Crippen LogP contribution in [0.15, 0.2) is 266 Å². The molecule has 2 unspecified atom stereocenters. The summed E-state index contributed by atoms with van der Waals surface area (Å²) in [6.07, 6.45) is 33.7. The highest BCUT2D eigenvalue weighted by Gasteiger charge is 2.50. The molecule has 0 amide bonds. The van der Waals surface area contributed by atoms with Crippen LogP contribution in [0.2, 0.25) is 0 Å². The molecule has 0 fully saturated rings. The fourth-order valence-electron chi connectivity index (χ4n) is 11.8. The minimum atomic E-state index is -1.00. The summed E-state index contributed by atoms with van der Waals surface area (Å²) in [7, 11) is 0. The molecule has 0 radical (unpaired) electrons. The van der Waals surface area contributed by atoms with Crippen molar-refractivity contribution in [3.63, 3.8) is 0 Å². The summed E-state index contributed by atoms with van der Waals surface area (Å²) >= 11 is 0. The van der Waals surface area contributed by atoms with Crippen molar-refractivity contribution in [2.75, 3.05) is 4.90 Å². The van der Waals surface area contributed by atoms with Crippen LogP contribution in [-0.2, 0) is 10.8 Å². The molecule has 71 heavy (non-hydrogen) atoms. The molecule has 0 spiro atoms. The van der Waals surface area contributed by atoms with Gasteiger partial charge in [0, 0.05) is 17.1 Å². The largest absolute Gasteiger partial charge is 0.310 e. The Labute approximate surface area is 420 Å². The lowest BCUT2D eigenvalue weighted by molar-refractivity contribution is 0.591. The van der Waals surface area contributed by atoms with E-state index in [1.165, 1.54) is 45.4 Å². The fourth-order valence-corrected chi connectivity index (χ4v) is 11.8. The van der Waals surface area contributed by atoms with E-state index in [1.54, 1.807) is 0 Å². The number of anilines is 2. The Morgan fingerprint density at radius 1 is 0.592 bits per heavy atom. The van der Waals surface area contributed by atoms with Gasteiger partial charge in [-0.25, -0.2) is 4.39 Å². The SMILES string of the molecule is C=Cc1ccc(C2(C3=C(C)CCCC3)c3ccccc3-c3ccc(N(C4=C/C=C(\C)C(=C)/C=C\C=C/C=C\4)c4ccc5c(c4)C(C(/C=C\C=C/C)=C\F)(c4ccc(C=C)cc4)c4ccccc4-5)cc32)cc1. The van der Waals surface area contributed by atoms with Crippen molar-refractivity contribution >= 4 is 23.5 Å². The first-order valence-electron chi connectivity index (χ1n) is 24.9. The minimum Gasteiger partial charge on any atom is -0.310 e. The van der Waals surface area contributed by atoms with Crippen LogP contribution in [0.4, 0.5) is 15.8 Å². The minimum absolute atomic E-state index is 0.522. The van der Waals surface area contributed by atoms with Gasteiger partial charge in [-0.3, -0.25) is 0 Å². The molecule has 0 saturated heterocycles. The van der Waals surface area contributed by atoms with Gasteiger partial charge in [0.1, 0.15) is 0 Å². The molecule has 4 aliphatic rings. The number of rotatable bonds is 11. The Balaban J connectivity index is 1.29. The van der Waals surface area contributed by atoms with Gasteiger partial charge in [-0.05, 0) is 166 Å². The quantitative estimate of drug-likeness (QED) is 0.0924. The van der Waals surface area contributed by atoms with Crippen LogP contribution in [0.1, 0.15) is 91.0 Å². The highest BCUT2D eigenvalue weighted by Crippen LogP contribution is 2.61. The number of allylic oxidation sites excluding steroid dienone is 17. The summed E-state index contributed by atoms with van der Waals surface area (Å²) in [6.45, 7) is 19.0. The Morgan fingerprint density at radius 2 is 1.17 bits per heavy atom. The zero-order valence-corrected chi connectivity index (χ0v) is 41.1. The Kier molecular flexibility index (Phi) is 13.0. The van der Waals surface area contributed by atoms with E-state index in [2.05, 4.69) is 202 Å². The maximum absolute atomic E-state index is 16.2. The fraction of sp³-hybridized carbons (Fsp3) is 0.130. The molecule has 1 nitrogen and oxygen atoms in total. The zero-order valence-electron chi connectivity index (χ0n) is 41.1. The van der Waals surface area contributed by atoms with E-state index in [1.807, 2.05) is 61.6 Å². The predicted molar refractivity (Wildman–Crippen MR) is 301 cm³/mol. The highest BCUT2D eigenvalue weighted by molar-refractivity contribution is 5.91. The van der Waals surface area contributed by atoms with Crippen molar-refractivity contribution in [2.24, 2.45) is 0 Å². The van der Waals surface area contributed by atoms with Gasteiger partial charge >= 0.3 is 0 Å². The first-order chi connectivity index (χ1) is 34.8. The second-order valence-corrected chi connectivity index (χ2v) is 19.0. The van der Waals surface area contributed by atoms with Crippen molar-refractivity contribution in [3.8, 4) is 22.3 Å². The zero-order chi connectivity index (χ0) is 49.1. The standard InChI is InChI=1S/C69H60FN/c1-7-10-13-24-55(47-70)68(53-36-32-51(8-2)33-37-53)64-29-20-17-26-59(64)61-43-41-57(45-66(61)68)71(56-25-15-12-11-14-22-48(4)49(5)31-40-56)58-42-44-62-60-27-18-21-30-65(60)69(67(62)46-58,63-28-19-16-23-50(63)6)54-38-34-52(9-3)35-39-54/h7-15,17-18,20-22,24-27,29-47H,2-4,16,19,23,28H2,1,5-6H3/b10-7-,12-11-,22-14-,24-13-,25-15-,49-31+,55-47-,56-40+. The smallest absolute Gasteiger partial charge is 0.0914 e.